The van der Waals surface area contributed by atoms with Gasteiger partial charge in [0.2, 0.25) is 0 Å². The monoisotopic (exact) mass is 381 g/mol. The lowest BCUT2D eigenvalue weighted by Gasteiger charge is -2.36. The summed E-state index contributed by atoms with van der Waals surface area (Å²) in [7, 11) is 0. The van der Waals surface area contributed by atoms with Crippen molar-refractivity contribution in [2.24, 2.45) is 0 Å². The van der Waals surface area contributed by atoms with E-state index in [1.807, 2.05) is 18.2 Å². The van der Waals surface area contributed by atoms with Crippen molar-refractivity contribution in [3.63, 3.8) is 0 Å². The van der Waals surface area contributed by atoms with Crippen LogP contribution in [0.15, 0.2) is 48.5 Å². The highest BCUT2D eigenvalue weighted by Crippen LogP contribution is 2.31. The van der Waals surface area contributed by atoms with Gasteiger partial charge in [-0.15, -0.1) is 0 Å². The van der Waals surface area contributed by atoms with Gasteiger partial charge in [-0.25, -0.2) is 0 Å². The Morgan fingerprint density at radius 3 is 2.64 bits per heavy atom. The fraction of sp³-hybridized carbons (Fsp3) is 0.409. The molecule has 28 heavy (non-hydrogen) atoms. The Bertz CT molecular complexity index is 804. The molecule has 0 aliphatic carbocycles. The Kier molecular flexibility index (Phi) is 5.78. The normalized spacial score (nSPS) is 18.2. The Morgan fingerprint density at radius 1 is 1.07 bits per heavy atom. The molecule has 0 bridgehead atoms. The zero-order valence-electron chi connectivity index (χ0n) is 16.0. The molecular weight excluding hydrogens is 354 g/mol. The van der Waals surface area contributed by atoms with Crippen LogP contribution in [-0.4, -0.2) is 55.2 Å². The molecule has 0 radical (unpaired) electrons. The Balaban J connectivity index is 1.22. The molecule has 2 heterocycles. The van der Waals surface area contributed by atoms with Crippen LogP contribution in [-0.2, 0) is 4.79 Å². The number of hydrogen-bond donors (Lipinski definition) is 2. The summed E-state index contributed by atoms with van der Waals surface area (Å²) in [5.74, 6) is 0.501. The minimum absolute atomic E-state index is 0.0481. The molecule has 1 saturated heterocycles. The fourth-order valence-corrected chi connectivity index (χ4v) is 3.85. The summed E-state index contributed by atoms with van der Waals surface area (Å²) in [5.41, 5.74) is 2.75. The van der Waals surface area contributed by atoms with Crippen LogP contribution in [0.2, 0.25) is 0 Å². The average Bonchev–Trinajstić information content (AvgIpc) is 2.74. The maximum Gasteiger partial charge on any atom is 0.262 e. The molecule has 1 amide bonds. The number of rotatable bonds is 6. The van der Waals surface area contributed by atoms with Crippen LogP contribution < -0.4 is 15.0 Å². The molecule has 0 spiro atoms. The highest BCUT2D eigenvalue weighted by molar-refractivity contribution is 5.95. The maximum atomic E-state index is 11.5. The average molecular weight is 381 g/mol. The third-order valence-electron chi connectivity index (χ3n) is 5.47. The quantitative estimate of drug-likeness (QED) is 0.805. The molecule has 6 heteroatoms. The standard InChI is InChI=1S/C22H27N3O3/c26-20(17-8-9-21-19(15-17)23-22(27)16-28-21)7-4-10-24-11-13-25(14-12-24)18-5-2-1-3-6-18/h1-3,5-6,8-9,15,20,26H,4,7,10-14,16H2,(H,23,27). The summed E-state index contributed by atoms with van der Waals surface area (Å²) in [6.07, 6.45) is 1.11. The number of fused-ring (bicyclic) bond motifs is 1. The first-order valence-electron chi connectivity index (χ1n) is 9.96. The van der Waals surface area contributed by atoms with E-state index in [9.17, 15) is 9.90 Å². The molecule has 2 aromatic carbocycles. The third kappa shape index (κ3) is 4.46. The predicted molar refractivity (Wildman–Crippen MR) is 110 cm³/mol. The zero-order chi connectivity index (χ0) is 19.3. The second-order valence-electron chi connectivity index (χ2n) is 7.41. The summed E-state index contributed by atoms with van der Waals surface area (Å²) in [5, 5.41) is 13.3. The SMILES string of the molecule is O=C1COc2ccc(C(O)CCCN3CCN(c4ccccc4)CC3)cc2N1. The second kappa shape index (κ2) is 8.63. The molecule has 148 valence electrons. The van der Waals surface area contributed by atoms with Crippen LogP contribution in [0.5, 0.6) is 5.75 Å². The summed E-state index contributed by atoms with van der Waals surface area (Å²) >= 11 is 0. The van der Waals surface area contributed by atoms with Crippen LogP contribution in [0.3, 0.4) is 0 Å². The molecule has 6 nitrogen and oxygen atoms in total. The molecule has 0 aromatic heterocycles. The number of carbonyl (C=O) groups is 1. The lowest BCUT2D eigenvalue weighted by Crippen LogP contribution is -2.46. The molecule has 2 aliphatic heterocycles. The van der Waals surface area contributed by atoms with E-state index in [4.69, 9.17) is 4.74 Å². The number of benzene rings is 2. The van der Waals surface area contributed by atoms with Crippen LogP contribution in [0.4, 0.5) is 11.4 Å². The van der Waals surface area contributed by atoms with Crippen molar-refractivity contribution in [2.45, 2.75) is 18.9 Å². The first-order chi connectivity index (χ1) is 13.7. The van der Waals surface area contributed by atoms with E-state index >= 15 is 0 Å². The van der Waals surface area contributed by atoms with Crippen LogP contribution in [0.25, 0.3) is 0 Å². The van der Waals surface area contributed by atoms with Crippen molar-refractivity contribution in [1.82, 2.24) is 4.90 Å². The largest absolute Gasteiger partial charge is 0.482 e. The van der Waals surface area contributed by atoms with Crippen molar-refractivity contribution < 1.29 is 14.6 Å². The molecular formula is C22H27N3O3. The smallest absolute Gasteiger partial charge is 0.262 e. The predicted octanol–water partition coefficient (Wildman–Crippen LogP) is 2.65. The molecule has 0 saturated carbocycles. The fourth-order valence-electron chi connectivity index (χ4n) is 3.85. The summed E-state index contributed by atoms with van der Waals surface area (Å²) in [4.78, 5) is 16.4. The van der Waals surface area contributed by atoms with Gasteiger partial charge in [-0.05, 0) is 49.2 Å². The second-order valence-corrected chi connectivity index (χ2v) is 7.41. The highest BCUT2D eigenvalue weighted by atomic mass is 16.5. The lowest BCUT2D eigenvalue weighted by atomic mass is 10.0. The van der Waals surface area contributed by atoms with Crippen molar-refractivity contribution in [2.75, 3.05) is 49.5 Å². The van der Waals surface area contributed by atoms with Gasteiger partial charge in [0.05, 0.1) is 11.8 Å². The van der Waals surface area contributed by atoms with Gasteiger partial charge in [0, 0.05) is 31.9 Å². The van der Waals surface area contributed by atoms with E-state index in [-0.39, 0.29) is 12.5 Å². The molecule has 4 rings (SSSR count). The van der Waals surface area contributed by atoms with Crippen molar-refractivity contribution in [3.05, 3.63) is 54.1 Å². The van der Waals surface area contributed by atoms with E-state index in [1.54, 1.807) is 0 Å². The zero-order valence-corrected chi connectivity index (χ0v) is 16.0. The Hall–Kier alpha value is -2.57. The lowest BCUT2D eigenvalue weighted by molar-refractivity contribution is -0.118. The van der Waals surface area contributed by atoms with E-state index in [0.717, 1.165) is 44.7 Å². The molecule has 2 aromatic rings. The summed E-state index contributed by atoms with van der Waals surface area (Å²) in [6, 6.07) is 16.1. The van der Waals surface area contributed by atoms with E-state index in [0.29, 0.717) is 17.9 Å². The van der Waals surface area contributed by atoms with Crippen LogP contribution in [0.1, 0.15) is 24.5 Å². The molecule has 2 N–H and O–H groups in total. The number of amides is 1. The van der Waals surface area contributed by atoms with Gasteiger partial charge in [0.15, 0.2) is 6.61 Å². The molecule has 1 atom stereocenters. The van der Waals surface area contributed by atoms with Crippen molar-refractivity contribution in [1.29, 1.82) is 0 Å². The minimum Gasteiger partial charge on any atom is -0.482 e. The number of aliphatic hydroxyl groups excluding tert-OH is 1. The maximum absolute atomic E-state index is 11.5. The summed E-state index contributed by atoms with van der Waals surface area (Å²) < 4.78 is 5.37. The third-order valence-corrected chi connectivity index (χ3v) is 5.47. The van der Waals surface area contributed by atoms with Crippen LogP contribution in [0, 0.1) is 0 Å². The number of aliphatic hydroxyl groups is 1. The van der Waals surface area contributed by atoms with Crippen molar-refractivity contribution >= 4 is 17.3 Å². The number of anilines is 2. The van der Waals surface area contributed by atoms with Gasteiger partial charge in [-0.3, -0.25) is 9.69 Å². The first kappa shape index (κ1) is 18.8. The molecule has 1 fully saturated rings. The van der Waals surface area contributed by atoms with E-state index < -0.39 is 6.10 Å². The Labute approximate surface area is 165 Å². The minimum atomic E-state index is -0.533. The van der Waals surface area contributed by atoms with Gasteiger partial charge in [0.1, 0.15) is 5.75 Å². The van der Waals surface area contributed by atoms with Gasteiger partial charge >= 0.3 is 0 Å². The number of piperazine rings is 1. The Morgan fingerprint density at radius 2 is 1.86 bits per heavy atom. The van der Waals surface area contributed by atoms with Gasteiger partial charge < -0.3 is 20.1 Å². The number of hydrogen-bond acceptors (Lipinski definition) is 5. The molecule has 1 unspecified atom stereocenters. The van der Waals surface area contributed by atoms with Crippen molar-refractivity contribution in [3.8, 4) is 5.75 Å². The van der Waals surface area contributed by atoms with Crippen LogP contribution >= 0.6 is 0 Å². The number of nitrogens with one attached hydrogen (secondary N) is 1. The number of ether oxygens (including phenoxy) is 1. The topological polar surface area (TPSA) is 65.0 Å². The van der Waals surface area contributed by atoms with Gasteiger partial charge in [0.25, 0.3) is 5.91 Å². The molecule has 2 aliphatic rings. The van der Waals surface area contributed by atoms with Gasteiger partial charge in [-0.1, -0.05) is 24.3 Å². The number of nitrogens with zero attached hydrogens (tertiary/aromatic N) is 2. The highest BCUT2D eigenvalue weighted by Gasteiger charge is 2.19. The van der Waals surface area contributed by atoms with E-state index in [2.05, 4.69) is 45.4 Å². The van der Waals surface area contributed by atoms with Gasteiger partial charge in [-0.2, -0.15) is 0 Å². The first-order valence-corrected chi connectivity index (χ1v) is 9.96. The summed E-state index contributed by atoms with van der Waals surface area (Å²) in [6.45, 7) is 5.21. The number of carbonyl (C=O) groups excluding carboxylic acids is 1. The van der Waals surface area contributed by atoms with E-state index in [1.165, 1.54) is 5.69 Å². The number of para-hydroxylation sites is 1.